The molecule has 0 aromatic heterocycles. The van der Waals surface area contributed by atoms with Gasteiger partial charge < -0.3 is 15.9 Å². The predicted octanol–water partition coefficient (Wildman–Crippen LogP) is 0.793. The molecule has 4 N–H and O–H groups in total. The molecule has 0 bridgehead atoms. The molecule has 16 heavy (non-hydrogen) atoms. The summed E-state index contributed by atoms with van der Waals surface area (Å²) in [6.45, 7) is 0. The third kappa shape index (κ3) is 3.03. The third-order valence-corrected chi connectivity index (χ3v) is 1.76. The lowest BCUT2D eigenvalue weighted by atomic mass is 10.1. The van der Waals surface area contributed by atoms with E-state index in [1.807, 2.05) is 0 Å². The van der Waals surface area contributed by atoms with Crippen LogP contribution in [0.2, 0.25) is 0 Å². The van der Waals surface area contributed by atoms with Crippen molar-refractivity contribution in [3.63, 3.8) is 0 Å². The molecule has 0 spiro atoms. The van der Waals surface area contributed by atoms with E-state index in [1.165, 1.54) is 18.2 Å². The molecule has 0 amide bonds. The van der Waals surface area contributed by atoms with Crippen LogP contribution in [0.5, 0.6) is 0 Å². The predicted molar refractivity (Wildman–Crippen MR) is 56.9 cm³/mol. The van der Waals surface area contributed by atoms with Gasteiger partial charge in [-0.25, -0.2) is 4.79 Å². The van der Waals surface area contributed by atoms with Gasteiger partial charge in [0.15, 0.2) is 0 Å². The second kappa shape index (κ2) is 4.84. The molecule has 5 heteroatoms. The summed E-state index contributed by atoms with van der Waals surface area (Å²) in [5.74, 6) is 2.79. The second-order valence-corrected chi connectivity index (χ2v) is 2.98. The first-order chi connectivity index (χ1) is 7.50. The number of carbonyl (C=O) groups is 2. The van der Waals surface area contributed by atoms with Crippen LogP contribution >= 0.6 is 0 Å². The van der Waals surface area contributed by atoms with E-state index in [0.717, 1.165) is 0 Å². The lowest BCUT2D eigenvalue weighted by Gasteiger charge is -2.00. The number of rotatable bonds is 2. The first-order valence-corrected chi connectivity index (χ1v) is 4.34. The molecule has 0 radical (unpaired) electrons. The van der Waals surface area contributed by atoms with Crippen LogP contribution in [0, 0.1) is 11.8 Å². The van der Waals surface area contributed by atoms with Crippen LogP contribution in [0.15, 0.2) is 18.2 Å². The van der Waals surface area contributed by atoms with Gasteiger partial charge in [0.1, 0.15) is 6.42 Å². The molecule has 82 valence electrons. The number of benzene rings is 1. The lowest BCUT2D eigenvalue weighted by molar-refractivity contribution is -0.135. The molecular weight excluding hydrogens is 210 g/mol. The monoisotopic (exact) mass is 219 g/mol. The minimum absolute atomic E-state index is 0.0397. The van der Waals surface area contributed by atoms with Gasteiger partial charge in [-0.1, -0.05) is 11.8 Å². The average Bonchev–Trinajstić information content (AvgIpc) is 2.19. The Balaban J connectivity index is 2.98. The van der Waals surface area contributed by atoms with Crippen molar-refractivity contribution in [2.45, 2.75) is 6.42 Å². The molecule has 1 rings (SSSR count). The summed E-state index contributed by atoms with van der Waals surface area (Å²) in [5, 5.41) is 17.1. The molecule has 1 aromatic carbocycles. The third-order valence-electron chi connectivity index (χ3n) is 1.76. The molecule has 0 saturated carbocycles. The van der Waals surface area contributed by atoms with Gasteiger partial charge >= 0.3 is 11.9 Å². The fraction of sp³-hybridized carbons (Fsp3) is 0.0909. The highest BCUT2D eigenvalue weighted by Crippen LogP contribution is 2.13. The lowest BCUT2D eigenvalue weighted by Crippen LogP contribution is -2.02. The molecule has 0 heterocycles. The van der Waals surface area contributed by atoms with E-state index in [1.54, 1.807) is 0 Å². The molecule has 1 aromatic rings. The largest absolute Gasteiger partial charge is 0.481 e. The number of hydrogen-bond donors (Lipinski definition) is 3. The minimum Gasteiger partial charge on any atom is -0.481 e. The van der Waals surface area contributed by atoms with Gasteiger partial charge in [0, 0.05) is 11.3 Å². The molecule has 0 atom stereocenters. The van der Waals surface area contributed by atoms with Gasteiger partial charge in [-0.05, 0) is 18.2 Å². The maximum absolute atomic E-state index is 10.7. The van der Waals surface area contributed by atoms with Crippen LogP contribution in [-0.2, 0) is 4.79 Å². The van der Waals surface area contributed by atoms with E-state index < -0.39 is 11.9 Å². The fourth-order valence-electron chi connectivity index (χ4n) is 1.04. The Morgan fingerprint density at radius 1 is 1.31 bits per heavy atom. The smallest absolute Gasteiger partial charge is 0.337 e. The van der Waals surface area contributed by atoms with Gasteiger partial charge in [0.2, 0.25) is 0 Å². The van der Waals surface area contributed by atoms with E-state index in [9.17, 15) is 9.59 Å². The Morgan fingerprint density at radius 3 is 2.56 bits per heavy atom. The molecule has 0 aliphatic rings. The van der Waals surface area contributed by atoms with Crippen molar-refractivity contribution in [2.75, 3.05) is 5.73 Å². The van der Waals surface area contributed by atoms with Crippen LogP contribution < -0.4 is 5.73 Å². The maximum Gasteiger partial charge on any atom is 0.337 e. The zero-order chi connectivity index (χ0) is 12.1. The van der Waals surface area contributed by atoms with Crippen LogP contribution in [0.1, 0.15) is 22.3 Å². The van der Waals surface area contributed by atoms with Crippen LogP contribution in [0.4, 0.5) is 5.69 Å². The Bertz CT molecular complexity index is 496. The summed E-state index contributed by atoms with van der Waals surface area (Å²) in [5.41, 5.74) is 5.98. The highest BCUT2D eigenvalue weighted by Gasteiger charge is 2.07. The summed E-state index contributed by atoms with van der Waals surface area (Å²) in [4.78, 5) is 20.9. The van der Waals surface area contributed by atoms with Crippen molar-refractivity contribution in [2.24, 2.45) is 0 Å². The van der Waals surface area contributed by atoms with Crippen molar-refractivity contribution in [1.29, 1.82) is 0 Å². The van der Waals surface area contributed by atoms with E-state index in [4.69, 9.17) is 15.9 Å². The van der Waals surface area contributed by atoms with Crippen LogP contribution in [0.3, 0.4) is 0 Å². The fourth-order valence-corrected chi connectivity index (χ4v) is 1.04. The van der Waals surface area contributed by atoms with E-state index in [-0.39, 0.29) is 17.7 Å². The molecule has 0 aliphatic carbocycles. The number of aliphatic carboxylic acids is 1. The van der Waals surface area contributed by atoms with Gasteiger partial charge in [0.05, 0.1) is 5.56 Å². The number of nitrogen functional groups attached to an aromatic ring is 1. The molecule has 0 saturated heterocycles. The SMILES string of the molecule is Nc1ccc(C#CCC(=O)O)cc1C(=O)O. The van der Waals surface area contributed by atoms with E-state index in [0.29, 0.717) is 5.56 Å². The number of aromatic carboxylic acids is 1. The van der Waals surface area contributed by atoms with Crippen molar-refractivity contribution in [3.05, 3.63) is 29.3 Å². The van der Waals surface area contributed by atoms with Crippen LogP contribution in [-0.4, -0.2) is 22.2 Å². The van der Waals surface area contributed by atoms with Crippen molar-refractivity contribution >= 4 is 17.6 Å². The summed E-state index contributed by atoms with van der Waals surface area (Å²) >= 11 is 0. The zero-order valence-electron chi connectivity index (χ0n) is 8.23. The zero-order valence-corrected chi connectivity index (χ0v) is 8.23. The van der Waals surface area contributed by atoms with Crippen molar-refractivity contribution < 1.29 is 19.8 Å². The first kappa shape index (κ1) is 11.6. The molecule has 0 aliphatic heterocycles. The Morgan fingerprint density at radius 2 is 2.00 bits per heavy atom. The summed E-state index contributed by atoms with van der Waals surface area (Å²) in [7, 11) is 0. The van der Waals surface area contributed by atoms with E-state index in [2.05, 4.69) is 11.8 Å². The molecule has 5 nitrogen and oxygen atoms in total. The molecule has 0 fully saturated rings. The first-order valence-electron chi connectivity index (χ1n) is 4.34. The molecular formula is C11H9NO4. The van der Waals surface area contributed by atoms with Crippen molar-refractivity contribution in [3.8, 4) is 11.8 Å². The van der Waals surface area contributed by atoms with Gasteiger partial charge in [-0.15, -0.1) is 0 Å². The van der Waals surface area contributed by atoms with Gasteiger partial charge in [0.25, 0.3) is 0 Å². The number of carboxylic acid groups (broad SMARTS) is 2. The van der Waals surface area contributed by atoms with Gasteiger partial charge in [-0.2, -0.15) is 0 Å². The standard InChI is InChI=1S/C11H9NO4/c12-9-5-4-7(2-1-3-10(13)14)6-8(9)11(15)16/h4-6H,3,12H2,(H,13,14)(H,15,16). The van der Waals surface area contributed by atoms with E-state index >= 15 is 0 Å². The Labute approximate surface area is 91.5 Å². The Kier molecular flexibility index (Phi) is 3.51. The Hall–Kier alpha value is -2.48. The number of nitrogens with two attached hydrogens (primary N) is 1. The highest BCUT2D eigenvalue weighted by atomic mass is 16.4. The number of anilines is 1. The van der Waals surface area contributed by atoms with Crippen molar-refractivity contribution in [1.82, 2.24) is 0 Å². The summed E-state index contributed by atoms with van der Waals surface area (Å²) in [6.07, 6.45) is -0.285. The normalized spacial score (nSPS) is 9.00. The summed E-state index contributed by atoms with van der Waals surface area (Å²) < 4.78 is 0. The van der Waals surface area contributed by atoms with Gasteiger partial charge in [-0.3, -0.25) is 4.79 Å². The number of hydrogen-bond acceptors (Lipinski definition) is 3. The topological polar surface area (TPSA) is 101 Å². The maximum atomic E-state index is 10.7. The number of carboxylic acids is 2. The summed E-state index contributed by atoms with van der Waals surface area (Å²) in [6, 6.07) is 4.28. The van der Waals surface area contributed by atoms with Crippen LogP contribution in [0.25, 0.3) is 0 Å². The second-order valence-electron chi connectivity index (χ2n) is 2.98. The average molecular weight is 219 g/mol. The minimum atomic E-state index is -1.14. The quantitative estimate of drug-likeness (QED) is 0.504. The molecule has 0 unspecified atom stereocenters. The highest BCUT2D eigenvalue weighted by molar-refractivity contribution is 5.94.